The highest BCUT2D eigenvalue weighted by Gasteiger charge is 2.07. The van der Waals surface area contributed by atoms with Gasteiger partial charge in [-0.2, -0.15) is 0 Å². The quantitative estimate of drug-likeness (QED) is 0.801. The molecule has 4 nitrogen and oxygen atoms in total. The van der Waals surface area contributed by atoms with E-state index in [0.717, 1.165) is 5.56 Å². The monoisotopic (exact) mass is 215 g/mol. The molecule has 0 radical (unpaired) electrons. The summed E-state index contributed by atoms with van der Waals surface area (Å²) in [7, 11) is 0. The number of benzene rings is 1. The molecule has 0 saturated heterocycles. The van der Waals surface area contributed by atoms with Crippen molar-refractivity contribution in [2.75, 3.05) is 0 Å². The minimum atomic E-state index is -1.14. The zero-order chi connectivity index (χ0) is 11.5. The molecule has 0 aliphatic heterocycles. The predicted octanol–water partition coefficient (Wildman–Crippen LogP) is 1.74. The van der Waals surface area contributed by atoms with Gasteiger partial charge < -0.3 is 10.1 Å². The van der Waals surface area contributed by atoms with E-state index in [0.29, 0.717) is 5.56 Å². The van der Waals surface area contributed by atoms with Crippen LogP contribution in [0.2, 0.25) is 0 Å². The average molecular weight is 215 g/mol. The van der Waals surface area contributed by atoms with Crippen molar-refractivity contribution in [1.82, 2.24) is 4.98 Å². The topological polar surface area (TPSA) is 70.2 Å². The Morgan fingerprint density at radius 3 is 2.31 bits per heavy atom. The van der Waals surface area contributed by atoms with Crippen LogP contribution in [0.5, 0.6) is 0 Å². The Hall–Kier alpha value is -2.36. The smallest absolute Gasteiger partial charge is 0.352 e. The van der Waals surface area contributed by atoms with Crippen molar-refractivity contribution in [2.45, 2.75) is 0 Å². The maximum atomic E-state index is 11.6. The Morgan fingerprint density at radius 2 is 1.75 bits per heavy atom. The molecule has 0 atom stereocenters. The second kappa shape index (κ2) is 4.02. The van der Waals surface area contributed by atoms with Crippen LogP contribution in [0.3, 0.4) is 0 Å². The van der Waals surface area contributed by atoms with E-state index in [9.17, 15) is 9.59 Å². The SMILES string of the molecule is O=C(O)c1ccc(-c2ccccc2)c(=O)[nH]1. The molecule has 0 amide bonds. The number of hydrogen-bond donors (Lipinski definition) is 2. The number of nitrogens with one attached hydrogen (secondary N) is 1. The Morgan fingerprint density at radius 1 is 1.06 bits per heavy atom. The molecule has 0 fully saturated rings. The van der Waals surface area contributed by atoms with Crippen LogP contribution in [0.1, 0.15) is 10.5 Å². The maximum absolute atomic E-state index is 11.6. The predicted molar refractivity (Wildman–Crippen MR) is 59.5 cm³/mol. The molecule has 1 aromatic carbocycles. The van der Waals surface area contributed by atoms with E-state index < -0.39 is 11.5 Å². The molecule has 0 unspecified atom stereocenters. The van der Waals surface area contributed by atoms with Gasteiger partial charge in [-0.05, 0) is 17.7 Å². The van der Waals surface area contributed by atoms with Crippen LogP contribution in [0.15, 0.2) is 47.3 Å². The third-order valence-electron chi connectivity index (χ3n) is 2.22. The summed E-state index contributed by atoms with van der Waals surface area (Å²) in [6.45, 7) is 0. The summed E-state index contributed by atoms with van der Waals surface area (Å²) in [5.41, 5.74) is 0.724. The number of aromatic carboxylic acids is 1. The number of rotatable bonds is 2. The largest absolute Gasteiger partial charge is 0.477 e. The number of carboxylic acids is 1. The maximum Gasteiger partial charge on any atom is 0.352 e. The van der Waals surface area contributed by atoms with Crippen LogP contribution in [0, 0.1) is 0 Å². The fraction of sp³-hybridized carbons (Fsp3) is 0. The van der Waals surface area contributed by atoms with Gasteiger partial charge in [0, 0.05) is 5.56 Å². The van der Waals surface area contributed by atoms with Crippen molar-refractivity contribution in [3.8, 4) is 11.1 Å². The second-order valence-electron chi connectivity index (χ2n) is 3.29. The van der Waals surface area contributed by atoms with Gasteiger partial charge in [-0.25, -0.2) is 4.79 Å². The summed E-state index contributed by atoms with van der Waals surface area (Å²) in [6.07, 6.45) is 0. The van der Waals surface area contributed by atoms with E-state index in [1.165, 1.54) is 12.1 Å². The number of pyridine rings is 1. The molecule has 1 heterocycles. The molecule has 16 heavy (non-hydrogen) atoms. The number of aromatic nitrogens is 1. The van der Waals surface area contributed by atoms with Gasteiger partial charge in [0.2, 0.25) is 0 Å². The lowest BCUT2D eigenvalue weighted by atomic mass is 10.1. The third kappa shape index (κ3) is 1.86. The summed E-state index contributed by atoms with van der Waals surface area (Å²) < 4.78 is 0. The number of aromatic amines is 1. The lowest BCUT2D eigenvalue weighted by molar-refractivity contribution is 0.0690. The molecular formula is C12H9NO3. The summed E-state index contributed by atoms with van der Waals surface area (Å²) >= 11 is 0. The Bertz CT molecular complexity index is 572. The Balaban J connectivity index is 2.53. The summed E-state index contributed by atoms with van der Waals surface area (Å²) in [5, 5.41) is 8.70. The normalized spacial score (nSPS) is 10.0. The van der Waals surface area contributed by atoms with Crippen LogP contribution in [0.4, 0.5) is 0 Å². The number of carboxylic acid groups (broad SMARTS) is 1. The van der Waals surface area contributed by atoms with Crippen LogP contribution >= 0.6 is 0 Å². The first kappa shape index (κ1) is 10.2. The van der Waals surface area contributed by atoms with Gasteiger partial charge >= 0.3 is 5.97 Å². The molecule has 1 aromatic heterocycles. The summed E-state index contributed by atoms with van der Waals surface area (Å²) in [4.78, 5) is 24.6. The lowest BCUT2D eigenvalue weighted by Crippen LogP contribution is -2.14. The number of H-pyrrole nitrogens is 1. The zero-order valence-electron chi connectivity index (χ0n) is 8.31. The summed E-state index contributed by atoms with van der Waals surface area (Å²) in [5.74, 6) is -1.14. The molecular weight excluding hydrogens is 206 g/mol. The molecule has 0 aliphatic carbocycles. The van der Waals surface area contributed by atoms with E-state index in [1.807, 2.05) is 18.2 Å². The van der Waals surface area contributed by atoms with Crippen molar-refractivity contribution >= 4 is 5.97 Å². The lowest BCUT2D eigenvalue weighted by Gasteiger charge is -2.00. The Kier molecular flexibility index (Phi) is 2.55. The van der Waals surface area contributed by atoms with Gasteiger partial charge in [-0.15, -0.1) is 0 Å². The highest BCUT2D eigenvalue weighted by Crippen LogP contribution is 2.13. The molecule has 0 aliphatic rings. The molecule has 80 valence electrons. The van der Waals surface area contributed by atoms with E-state index in [2.05, 4.69) is 4.98 Å². The minimum absolute atomic E-state index is 0.107. The minimum Gasteiger partial charge on any atom is -0.477 e. The van der Waals surface area contributed by atoms with Crippen molar-refractivity contribution in [3.05, 3.63) is 58.5 Å². The second-order valence-corrected chi connectivity index (χ2v) is 3.29. The van der Waals surface area contributed by atoms with Crippen LogP contribution < -0.4 is 5.56 Å². The van der Waals surface area contributed by atoms with Gasteiger partial charge in [0.25, 0.3) is 5.56 Å². The van der Waals surface area contributed by atoms with Crippen LogP contribution in [-0.4, -0.2) is 16.1 Å². The fourth-order valence-electron chi connectivity index (χ4n) is 1.44. The number of hydrogen-bond acceptors (Lipinski definition) is 2. The van der Waals surface area contributed by atoms with Crippen LogP contribution in [0.25, 0.3) is 11.1 Å². The van der Waals surface area contributed by atoms with Crippen molar-refractivity contribution in [3.63, 3.8) is 0 Å². The van der Waals surface area contributed by atoms with Crippen LogP contribution in [-0.2, 0) is 0 Å². The van der Waals surface area contributed by atoms with Gasteiger partial charge in [0.15, 0.2) is 0 Å². The van der Waals surface area contributed by atoms with E-state index in [-0.39, 0.29) is 5.69 Å². The van der Waals surface area contributed by atoms with E-state index in [1.54, 1.807) is 12.1 Å². The van der Waals surface area contributed by atoms with Gasteiger partial charge in [0.1, 0.15) is 5.69 Å². The highest BCUT2D eigenvalue weighted by molar-refractivity contribution is 5.85. The van der Waals surface area contributed by atoms with E-state index >= 15 is 0 Å². The highest BCUT2D eigenvalue weighted by atomic mass is 16.4. The first-order chi connectivity index (χ1) is 7.68. The van der Waals surface area contributed by atoms with Crippen molar-refractivity contribution < 1.29 is 9.90 Å². The fourth-order valence-corrected chi connectivity index (χ4v) is 1.44. The first-order valence-electron chi connectivity index (χ1n) is 4.70. The molecule has 2 N–H and O–H groups in total. The zero-order valence-corrected chi connectivity index (χ0v) is 8.31. The van der Waals surface area contributed by atoms with Crippen molar-refractivity contribution in [1.29, 1.82) is 0 Å². The molecule has 0 spiro atoms. The molecule has 0 bridgehead atoms. The molecule has 0 saturated carbocycles. The molecule has 2 aromatic rings. The van der Waals surface area contributed by atoms with Gasteiger partial charge in [-0.1, -0.05) is 30.3 Å². The standard InChI is InChI=1S/C12H9NO3/c14-11-9(8-4-2-1-3-5-8)6-7-10(13-11)12(15)16/h1-7H,(H,13,14)(H,15,16). The molecule has 4 heteroatoms. The third-order valence-corrected chi connectivity index (χ3v) is 2.22. The average Bonchev–Trinajstić information content (AvgIpc) is 2.30. The summed E-state index contributed by atoms with van der Waals surface area (Å²) in [6, 6.07) is 12.0. The van der Waals surface area contributed by atoms with Crippen molar-refractivity contribution in [2.24, 2.45) is 0 Å². The molecule has 2 rings (SSSR count). The Labute approximate surface area is 91.2 Å². The number of carbonyl (C=O) groups is 1. The first-order valence-corrected chi connectivity index (χ1v) is 4.70. The van der Waals surface area contributed by atoms with Gasteiger partial charge in [0.05, 0.1) is 0 Å². The van der Waals surface area contributed by atoms with Gasteiger partial charge in [-0.3, -0.25) is 4.79 Å². The van der Waals surface area contributed by atoms with E-state index in [4.69, 9.17) is 5.11 Å².